The highest BCUT2D eigenvalue weighted by Gasteiger charge is 2.44. The average Bonchev–Trinajstić information content (AvgIpc) is 3.62. The highest BCUT2D eigenvalue weighted by Crippen LogP contribution is 2.41. The van der Waals surface area contributed by atoms with Crippen molar-refractivity contribution >= 4 is 29.1 Å². The Morgan fingerprint density at radius 1 is 1.38 bits per heavy atom. The Hall–Kier alpha value is -2.80. The summed E-state index contributed by atoms with van der Waals surface area (Å²) >= 11 is 0. The number of halogens is 1. The molecule has 6 nitrogen and oxygen atoms in total. The second-order valence-corrected chi connectivity index (χ2v) is 8.24. The van der Waals surface area contributed by atoms with Gasteiger partial charge in [0.15, 0.2) is 6.23 Å². The van der Waals surface area contributed by atoms with E-state index in [0.717, 1.165) is 47.3 Å². The molecule has 3 aliphatic rings. The van der Waals surface area contributed by atoms with Crippen LogP contribution in [0.1, 0.15) is 36.0 Å². The van der Waals surface area contributed by atoms with Gasteiger partial charge in [0.1, 0.15) is 12.0 Å². The van der Waals surface area contributed by atoms with Crippen molar-refractivity contribution < 1.29 is 14.3 Å². The number of alkyl halides is 1. The van der Waals surface area contributed by atoms with Gasteiger partial charge in [0.05, 0.1) is 11.6 Å². The van der Waals surface area contributed by atoms with E-state index in [9.17, 15) is 14.3 Å². The summed E-state index contributed by atoms with van der Waals surface area (Å²) in [6, 6.07) is 3.70. The van der Waals surface area contributed by atoms with Gasteiger partial charge in [0.25, 0.3) is 0 Å². The SMILES string of the molecule is Cc1ccncc1C1=Cc2cnc(NC(=O)[C@H]3C[C@H]3F)cc2N(CC2CC2)C1O. The van der Waals surface area contributed by atoms with Gasteiger partial charge in [-0.1, -0.05) is 0 Å². The molecule has 2 fully saturated rings. The number of aliphatic hydroxyl groups is 1. The Balaban J connectivity index is 1.51. The van der Waals surface area contributed by atoms with Crippen LogP contribution in [0, 0.1) is 18.8 Å². The first-order valence-corrected chi connectivity index (χ1v) is 10.0. The third-order valence-electron chi connectivity index (χ3n) is 5.91. The Morgan fingerprint density at radius 3 is 2.86 bits per heavy atom. The number of aliphatic hydroxyl groups excluding tert-OH is 1. The molecule has 2 aromatic heterocycles. The minimum Gasteiger partial charge on any atom is -0.369 e. The number of nitrogens with zero attached hydrogens (tertiary/aromatic N) is 3. The molecule has 2 saturated carbocycles. The maximum absolute atomic E-state index is 13.2. The quantitative estimate of drug-likeness (QED) is 0.815. The fraction of sp³-hybridized carbons (Fsp3) is 0.409. The Labute approximate surface area is 168 Å². The average molecular weight is 394 g/mol. The lowest BCUT2D eigenvalue weighted by Gasteiger charge is -2.36. The predicted molar refractivity (Wildman–Crippen MR) is 109 cm³/mol. The van der Waals surface area contributed by atoms with Gasteiger partial charge >= 0.3 is 0 Å². The monoisotopic (exact) mass is 394 g/mol. The van der Waals surface area contributed by atoms with Crippen molar-refractivity contribution in [2.45, 2.75) is 38.6 Å². The number of carbonyl (C=O) groups excluding carboxylic acids is 1. The molecule has 3 heterocycles. The van der Waals surface area contributed by atoms with E-state index in [1.165, 1.54) is 0 Å². The lowest BCUT2D eigenvalue weighted by Crippen LogP contribution is -2.40. The maximum atomic E-state index is 13.2. The molecule has 0 aromatic carbocycles. The van der Waals surface area contributed by atoms with Gasteiger partial charge in [0, 0.05) is 47.9 Å². The van der Waals surface area contributed by atoms with Gasteiger partial charge in [-0.3, -0.25) is 9.78 Å². The second kappa shape index (κ2) is 6.91. The summed E-state index contributed by atoms with van der Waals surface area (Å²) in [5.41, 5.74) is 4.45. The first-order chi connectivity index (χ1) is 14.0. The minimum atomic E-state index is -1.05. The van der Waals surface area contributed by atoms with E-state index in [4.69, 9.17) is 0 Å². The number of nitrogens with one attached hydrogen (secondary N) is 1. The summed E-state index contributed by atoms with van der Waals surface area (Å²) in [7, 11) is 0. The number of hydrogen-bond acceptors (Lipinski definition) is 5. The Kier molecular flexibility index (Phi) is 4.35. The van der Waals surface area contributed by atoms with Crippen molar-refractivity contribution in [1.82, 2.24) is 9.97 Å². The van der Waals surface area contributed by atoms with Crippen molar-refractivity contribution in [1.29, 1.82) is 0 Å². The molecule has 1 unspecified atom stereocenters. The third kappa shape index (κ3) is 3.51. The number of hydrogen-bond donors (Lipinski definition) is 2. The van der Waals surface area contributed by atoms with Crippen LogP contribution in [-0.4, -0.2) is 39.9 Å². The van der Waals surface area contributed by atoms with Crippen LogP contribution in [0.4, 0.5) is 15.9 Å². The molecule has 1 amide bonds. The van der Waals surface area contributed by atoms with Crippen LogP contribution in [0.25, 0.3) is 11.6 Å². The lowest BCUT2D eigenvalue weighted by molar-refractivity contribution is -0.117. The first-order valence-electron chi connectivity index (χ1n) is 10.0. The summed E-state index contributed by atoms with van der Waals surface area (Å²) < 4.78 is 13.2. The van der Waals surface area contributed by atoms with Gasteiger partial charge < -0.3 is 15.3 Å². The number of rotatable bonds is 5. The Bertz CT molecular complexity index is 1000. The summed E-state index contributed by atoms with van der Waals surface area (Å²) in [5, 5.41) is 13.9. The van der Waals surface area contributed by atoms with Crippen molar-refractivity contribution in [2.24, 2.45) is 11.8 Å². The second-order valence-electron chi connectivity index (χ2n) is 8.24. The summed E-state index contributed by atoms with van der Waals surface area (Å²) in [5.74, 6) is 0.0328. The molecule has 7 heteroatoms. The van der Waals surface area contributed by atoms with Crippen LogP contribution in [0.5, 0.6) is 0 Å². The van der Waals surface area contributed by atoms with E-state index in [2.05, 4.69) is 15.3 Å². The zero-order valence-corrected chi connectivity index (χ0v) is 16.2. The summed E-state index contributed by atoms with van der Waals surface area (Å²) in [4.78, 5) is 22.6. The highest BCUT2D eigenvalue weighted by atomic mass is 19.1. The molecule has 2 aromatic rings. The molecule has 0 saturated heterocycles. The van der Waals surface area contributed by atoms with Crippen molar-refractivity contribution in [2.75, 3.05) is 16.8 Å². The summed E-state index contributed by atoms with van der Waals surface area (Å²) in [6.07, 6.45) is 7.87. The number of amides is 1. The van der Waals surface area contributed by atoms with Crippen LogP contribution in [-0.2, 0) is 4.79 Å². The maximum Gasteiger partial charge on any atom is 0.231 e. The Morgan fingerprint density at radius 2 is 2.17 bits per heavy atom. The van der Waals surface area contributed by atoms with E-state index in [-0.39, 0.29) is 12.3 Å². The highest BCUT2D eigenvalue weighted by molar-refractivity contribution is 5.96. The van der Waals surface area contributed by atoms with Gasteiger partial charge in [-0.25, -0.2) is 9.37 Å². The van der Waals surface area contributed by atoms with E-state index < -0.39 is 18.3 Å². The smallest absolute Gasteiger partial charge is 0.231 e. The van der Waals surface area contributed by atoms with Crippen molar-refractivity contribution in [3.05, 3.63) is 47.4 Å². The molecule has 5 rings (SSSR count). The number of fused-ring (bicyclic) bond motifs is 1. The topological polar surface area (TPSA) is 78.4 Å². The fourth-order valence-electron chi connectivity index (χ4n) is 3.84. The molecule has 2 N–H and O–H groups in total. The standard InChI is InChI=1S/C22H23FN4O2/c1-12-4-5-24-10-17(12)15-6-14-9-25-20(26-21(28)16-7-18(16)23)8-19(14)27(22(15)29)11-13-2-3-13/h4-6,8-10,13,16,18,22,29H,2-3,7,11H2,1H3,(H,25,26,28)/t16-,18+,22?/m0/s1. The minimum absolute atomic E-state index is 0.278. The van der Waals surface area contributed by atoms with E-state index in [1.807, 2.05) is 24.0 Å². The zero-order valence-electron chi connectivity index (χ0n) is 16.2. The molecule has 0 radical (unpaired) electrons. The van der Waals surface area contributed by atoms with Gasteiger partial charge in [-0.2, -0.15) is 0 Å². The van der Waals surface area contributed by atoms with Crippen LogP contribution in [0.3, 0.4) is 0 Å². The number of pyridine rings is 2. The molecular weight excluding hydrogens is 371 g/mol. The van der Waals surface area contributed by atoms with Crippen molar-refractivity contribution in [3.63, 3.8) is 0 Å². The number of anilines is 2. The largest absolute Gasteiger partial charge is 0.369 e. The lowest BCUT2D eigenvalue weighted by atomic mass is 9.94. The van der Waals surface area contributed by atoms with Crippen molar-refractivity contribution in [3.8, 4) is 0 Å². The van der Waals surface area contributed by atoms with Crippen LogP contribution in [0.15, 0.2) is 30.7 Å². The molecule has 0 spiro atoms. The molecule has 150 valence electrons. The third-order valence-corrected chi connectivity index (χ3v) is 5.91. The van der Waals surface area contributed by atoms with Gasteiger partial charge in [0.2, 0.25) is 5.91 Å². The molecular formula is C22H23FN4O2. The zero-order chi connectivity index (χ0) is 20.1. The molecule has 3 atom stereocenters. The molecule has 0 bridgehead atoms. The number of aromatic nitrogens is 2. The fourth-order valence-corrected chi connectivity index (χ4v) is 3.84. The van der Waals surface area contributed by atoms with E-state index in [0.29, 0.717) is 11.7 Å². The number of aryl methyl sites for hydroxylation is 1. The number of carbonyl (C=O) groups is 1. The van der Waals surface area contributed by atoms with Gasteiger partial charge in [-0.05, 0) is 49.8 Å². The molecule has 1 aliphatic heterocycles. The molecule has 29 heavy (non-hydrogen) atoms. The normalized spacial score (nSPS) is 25.3. The van der Waals surface area contributed by atoms with Gasteiger partial charge in [-0.15, -0.1) is 0 Å². The van der Waals surface area contributed by atoms with Crippen LogP contribution in [0.2, 0.25) is 0 Å². The van der Waals surface area contributed by atoms with Crippen LogP contribution >= 0.6 is 0 Å². The predicted octanol–water partition coefficient (Wildman–Crippen LogP) is 3.17. The van der Waals surface area contributed by atoms with Crippen LogP contribution < -0.4 is 10.2 Å². The molecule has 2 aliphatic carbocycles. The first kappa shape index (κ1) is 18.2. The van der Waals surface area contributed by atoms with E-state index >= 15 is 0 Å². The summed E-state index contributed by atoms with van der Waals surface area (Å²) in [6.45, 7) is 2.73. The van der Waals surface area contributed by atoms with E-state index in [1.54, 1.807) is 24.7 Å².